The summed E-state index contributed by atoms with van der Waals surface area (Å²) in [6, 6.07) is 12.4. The van der Waals surface area contributed by atoms with Crippen LogP contribution in [-0.4, -0.2) is 23.1 Å². The Hall–Kier alpha value is -1.61. The molecule has 0 radical (unpaired) electrons. The van der Waals surface area contributed by atoms with E-state index in [1.807, 2.05) is 25.1 Å². The van der Waals surface area contributed by atoms with Crippen molar-refractivity contribution in [2.24, 2.45) is 0 Å². The molecule has 1 aromatic carbocycles. The Labute approximate surface area is 126 Å². The molecule has 0 bridgehead atoms. The second kappa shape index (κ2) is 6.71. The third-order valence-corrected chi connectivity index (χ3v) is 3.57. The third kappa shape index (κ3) is 3.28. The minimum Gasteiger partial charge on any atom is -0.356 e. The van der Waals surface area contributed by atoms with Crippen LogP contribution in [0, 0.1) is 6.92 Å². The average Bonchev–Trinajstić information content (AvgIpc) is 2.48. The molecule has 2 heterocycles. The Morgan fingerprint density at radius 2 is 1.65 bits per heavy atom. The van der Waals surface area contributed by atoms with Crippen molar-refractivity contribution in [2.45, 2.75) is 26.2 Å². The normalized spacial score (nSPS) is 14.8. The van der Waals surface area contributed by atoms with Gasteiger partial charge in [-0.15, -0.1) is 12.4 Å². The van der Waals surface area contributed by atoms with Gasteiger partial charge in [0.2, 0.25) is 0 Å². The topological polar surface area (TPSA) is 29.0 Å². The van der Waals surface area contributed by atoms with E-state index in [0.29, 0.717) is 0 Å². The van der Waals surface area contributed by atoms with Crippen molar-refractivity contribution in [3.05, 3.63) is 42.2 Å². The van der Waals surface area contributed by atoms with Gasteiger partial charge in [0.1, 0.15) is 11.6 Å². The number of aromatic nitrogens is 2. The predicted octanol–water partition coefficient (Wildman–Crippen LogP) is 3.86. The molecule has 1 aliphatic heterocycles. The summed E-state index contributed by atoms with van der Waals surface area (Å²) in [7, 11) is 0. The zero-order valence-corrected chi connectivity index (χ0v) is 12.6. The van der Waals surface area contributed by atoms with Crippen LogP contribution in [0.4, 0.5) is 5.82 Å². The first-order chi connectivity index (χ1) is 9.33. The number of rotatable bonds is 2. The molecule has 0 aliphatic carbocycles. The van der Waals surface area contributed by atoms with Gasteiger partial charge in [0.15, 0.2) is 0 Å². The summed E-state index contributed by atoms with van der Waals surface area (Å²) in [5, 5.41) is 0. The number of benzene rings is 1. The van der Waals surface area contributed by atoms with Crippen molar-refractivity contribution in [3.63, 3.8) is 0 Å². The van der Waals surface area contributed by atoms with Gasteiger partial charge in [-0.1, -0.05) is 30.3 Å². The molecule has 0 unspecified atom stereocenters. The minimum absolute atomic E-state index is 0. The zero-order valence-electron chi connectivity index (χ0n) is 11.7. The molecule has 0 amide bonds. The maximum Gasteiger partial charge on any atom is 0.132 e. The lowest BCUT2D eigenvalue weighted by atomic mass is 10.1. The van der Waals surface area contributed by atoms with E-state index >= 15 is 0 Å². The van der Waals surface area contributed by atoms with E-state index in [2.05, 4.69) is 33.1 Å². The summed E-state index contributed by atoms with van der Waals surface area (Å²) in [4.78, 5) is 11.5. The Bertz CT molecular complexity index is 551. The molecule has 0 N–H and O–H groups in total. The van der Waals surface area contributed by atoms with Crippen LogP contribution < -0.4 is 4.90 Å². The number of anilines is 1. The molecule has 3 rings (SSSR count). The van der Waals surface area contributed by atoms with Crippen molar-refractivity contribution in [3.8, 4) is 11.3 Å². The van der Waals surface area contributed by atoms with Crippen LogP contribution in [0.2, 0.25) is 0 Å². The van der Waals surface area contributed by atoms with Crippen molar-refractivity contribution < 1.29 is 0 Å². The number of hydrogen-bond acceptors (Lipinski definition) is 3. The molecule has 2 aromatic rings. The van der Waals surface area contributed by atoms with Crippen LogP contribution >= 0.6 is 12.4 Å². The summed E-state index contributed by atoms with van der Waals surface area (Å²) in [5.41, 5.74) is 2.18. The first kappa shape index (κ1) is 14.8. The highest BCUT2D eigenvalue weighted by Crippen LogP contribution is 2.23. The van der Waals surface area contributed by atoms with Crippen LogP contribution in [0.25, 0.3) is 11.3 Å². The molecular weight excluding hydrogens is 270 g/mol. The molecule has 0 atom stereocenters. The summed E-state index contributed by atoms with van der Waals surface area (Å²) < 4.78 is 0. The van der Waals surface area contributed by atoms with Crippen LogP contribution in [0.5, 0.6) is 0 Å². The van der Waals surface area contributed by atoms with E-state index in [9.17, 15) is 0 Å². The summed E-state index contributed by atoms with van der Waals surface area (Å²) in [5.74, 6) is 1.92. The molecule has 20 heavy (non-hydrogen) atoms. The minimum atomic E-state index is 0. The summed E-state index contributed by atoms with van der Waals surface area (Å²) in [6.07, 6.45) is 3.87. The smallest absolute Gasteiger partial charge is 0.132 e. The van der Waals surface area contributed by atoms with Gasteiger partial charge in [-0.25, -0.2) is 9.97 Å². The Balaban J connectivity index is 0.00000147. The number of piperidine rings is 1. The SMILES string of the molecule is Cc1nc(-c2ccccc2)cc(N2CCCCC2)n1.Cl. The summed E-state index contributed by atoms with van der Waals surface area (Å²) in [6.45, 7) is 4.20. The number of halogens is 1. The van der Waals surface area contributed by atoms with E-state index in [4.69, 9.17) is 0 Å². The van der Waals surface area contributed by atoms with Gasteiger partial charge in [0, 0.05) is 24.7 Å². The van der Waals surface area contributed by atoms with Crippen LogP contribution in [0.15, 0.2) is 36.4 Å². The van der Waals surface area contributed by atoms with E-state index in [1.54, 1.807) is 0 Å². The fourth-order valence-electron chi connectivity index (χ4n) is 2.59. The standard InChI is InChI=1S/C16H19N3.ClH/c1-13-17-15(14-8-4-2-5-9-14)12-16(18-13)19-10-6-3-7-11-19;/h2,4-5,8-9,12H,3,6-7,10-11H2,1H3;1H. The maximum atomic E-state index is 4.60. The van der Waals surface area contributed by atoms with Gasteiger partial charge in [0.05, 0.1) is 5.69 Å². The lowest BCUT2D eigenvalue weighted by Crippen LogP contribution is -2.30. The third-order valence-electron chi connectivity index (χ3n) is 3.57. The van der Waals surface area contributed by atoms with Crippen LogP contribution in [0.3, 0.4) is 0 Å². The van der Waals surface area contributed by atoms with Crippen molar-refractivity contribution >= 4 is 18.2 Å². The average molecular weight is 290 g/mol. The highest BCUT2D eigenvalue weighted by molar-refractivity contribution is 5.85. The molecule has 1 saturated heterocycles. The first-order valence-electron chi connectivity index (χ1n) is 6.99. The molecule has 1 fully saturated rings. The van der Waals surface area contributed by atoms with E-state index in [-0.39, 0.29) is 12.4 Å². The fourth-order valence-corrected chi connectivity index (χ4v) is 2.59. The zero-order chi connectivity index (χ0) is 13.1. The predicted molar refractivity (Wildman–Crippen MR) is 85.5 cm³/mol. The Kier molecular flexibility index (Phi) is 4.96. The van der Waals surface area contributed by atoms with Crippen LogP contribution in [-0.2, 0) is 0 Å². The molecule has 1 aromatic heterocycles. The lowest BCUT2D eigenvalue weighted by molar-refractivity contribution is 0.572. The highest BCUT2D eigenvalue weighted by atomic mass is 35.5. The van der Waals surface area contributed by atoms with E-state index < -0.39 is 0 Å². The highest BCUT2D eigenvalue weighted by Gasteiger charge is 2.14. The first-order valence-corrected chi connectivity index (χ1v) is 6.99. The molecule has 3 nitrogen and oxygen atoms in total. The van der Waals surface area contributed by atoms with E-state index in [0.717, 1.165) is 36.0 Å². The monoisotopic (exact) mass is 289 g/mol. The number of aryl methyl sites for hydroxylation is 1. The Morgan fingerprint density at radius 3 is 2.35 bits per heavy atom. The maximum absolute atomic E-state index is 4.60. The van der Waals surface area contributed by atoms with Crippen LogP contribution in [0.1, 0.15) is 25.1 Å². The number of nitrogens with zero attached hydrogens (tertiary/aromatic N) is 3. The molecule has 0 spiro atoms. The molecular formula is C16H20ClN3. The Morgan fingerprint density at radius 1 is 0.950 bits per heavy atom. The molecule has 4 heteroatoms. The molecule has 0 saturated carbocycles. The van der Waals surface area contributed by atoms with Crippen molar-refractivity contribution in [1.29, 1.82) is 0 Å². The molecule has 106 valence electrons. The van der Waals surface area contributed by atoms with Gasteiger partial charge >= 0.3 is 0 Å². The number of hydrogen-bond donors (Lipinski definition) is 0. The van der Waals surface area contributed by atoms with Gasteiger partial charge < -0.3 is 4.90 Å². The molecule has 1 aliphatic rings. The van der Waals surface area contributed by atoms with E-state index in [1.165, 1.54) is 19.3 Å². The lowest BCUT2D eigenvalue weighted by Gasteiger charge is -2.28. The van der Waals surface area contributed by atoms with Crippen molar-refractivity contribution in [2.75, 3.05) is 18.0 Å². The second-order valence-electron chi connectivity index (χ2n) is 5.07. The van der Waals surface area contributed by atoms with Gasteiger partial charge in [-0.05, 0) is 26.2 Å². The van der Waals surface area contributed by atoms with Gasteiger partial charge in [-0.3, -0.25) is 0 Å². The largest absolute Gasteiger partial charge is 0.356 e. The fraction of sp³-hybridized carbons (Fsp3) is 0.375. The van der Waals surface area contributed by atoms with Crippen molar-refractivity contribution in [1.82, 2.24) is 9.97 Å². The quantitative estimate of drug-likeness (QED) is 0.840. The summed E-state index contributed by atoms with van der Waals surface area (Å²) >= 11 is 0. The van der Waals surface area contributed by atoms with Gasteiger partial charge in [-0.2, -0.15) is 0 Å². The van der Waals surface area contributed by atoms with Gasteiger partial charge in [0.25, 0.3) is 0 Å². The second-order valence-corrected chi connectivity index (χ2v) is 5.07.